The van der Waals surface area contributed by atoms with Gasteiger partial charge in [-0.05, 0) is 11.4 Å². The van der Waals surface area contributed by atoms with Crippen molar-refractivity contribution in [1.82, 2.24) is 4.90 Å². The Bertz CT molecular complexity index is 435. The van der Waals surface area contributed by atoms with Crippen LogP contribution in [0.15, 0.2) is 21.7 Å². The number of hydrogen-bond donors (Lipinski definition) is 1. The number of amides is 1. The molecule has 5 nitrogen and oxygen atoms in total. The van der Waals surface area contributed by atoms with Crippen LogP contribution in [0.1, 0.15) is 6.42 Å². The standard InChI is InChI=1S/C12H15NO4S2/c14-10(8-19-12-2-1-5-18-12)13-3-4-17-9(7-13)6-11(15)16/h1-2,5,9H,3-4,6-8H2,(H,15,16). The molecule has 1 atom stereocenters. The van der Waals surface area contributed by atoms with Crippen LogP contribution in [0, 0.1) is 0 Å². The monoisotopic (exact) mass is 301 g/mol. The molecule has 2 heterocycles. The van der Waals surface area contributed by atoms with Gasteiger partial charge in [-0.25, -0.2) is 0 Å². The van der Waals surface area contributed by atoms with E-state index in [2.05, 4.69) is 0 Å². The van der Waals surface area contributed by atoms with Crippen molar-refractivity contribution in [3.63, 3.8) is 0 Å². The second-order valence-electron chi connectivity index (χ2n) is 4.15. The number of rotatable bonds is 5. The quantitative estimate of drug-likeness (QED) is 0.836. The lowest BCUT2D eigenvalue weighted by molar-refractivity contribution is -0.146. The van der Waals surface area contributed by atoms with Gasteiger partial charge in [0.2, 0.25) is 5.91 Å². The van der Waals surface area contributed by atoms with Gasteiger partial charge >= 0.3 is 5.97 Å². The van der Waals surface area contributed by atoms with Crippen LogP contribution in [-0.2, 0) is 14.3 Å². The molecule has 1 aliphatic rings. The Kier molecular flexibility index (Phi) is 5.24. The summed E-state index contributed by atoms with van der Waals surface area (Å²) in [7, 11) is 0. The zero-order valence-corrected chi connectivity index (χ0v) is 11.9. The summed E-state index contributed by atoms with van der Waals surface area (Å²) in [6.45, 7) is 1.32. The Morgan fingerprint density at radius 2 is 2.42 bits per heavy atom. The zero-order valence-electron chi connectivity index (χ0n) is 10.3. The lowest BCUT2D eigenvalue weighted by Gasteiger charge is -2.32. The molecular weight excluding hydrogens is 286 g/mol. The van der Waals surface area contributed by atoms with Crippen LogP contribution in [-0.4, -0.2) is 53.4 Å². The van der Waals surface area contributed by atoms with E-state index in [-0.39, 0.29) is 18.4 Å². The summed E-state index contributed by atoms with van der Waals surface area (Å²) in [6, 6.07) is 3.93. The first-order valence-electron chi connectivity index (χ1n) is 5.92. The summed E-state index contributed by atoms with van der Waals surface area (Å²) < 4.78 is 6.45. The Labute approximate surface area is 119 Å². The summed E-state index contributed by atoms with van der Waals surface area (Å²) in [5.41, 5.74) is 0. The normalized spacial score (nSPS) is 19.4. The Hall–Kier alpha value is -1.05. The van der Waals surface area contributed by atoms with Crippen LogP contribution in [0.4, 0.5) is 0 Å². The van der Waals surface area contributed by atoms with E-state index in [0.29, 0.717) is 25.4 Å². The molecule has 0 saturated carbocycles. The van der Waals surface area contributed by atoms with E-state index in [1.807, 2.05) is 17.5 Å². The maximum atomic E-state index is 12.0. The predicted molar refractivity (Wildman–Crippen MR) is 73.6 cm³/mol. The molecule has 1 saturated heterocycles. The van der Waals surface area contributed by atoms with E-state index in [1.165, 1.54) is 11.8 Å². The molecule has 0 aromatic carbocycles. The first-order valence-corrected chi connectivity index (χ1v) is 7.79. The number of carbonyl (C=O) groups excluding carboxylic acids is 1. The van der Waals surface area contributed by atoms with E-state index in [0.717, 1.165) is 4.21 Å². The topological polar surface area (TPSA) is 66.8 Å². The smallest absolute Gasteiger partial charge is 0.306 e. The summed E-state index contributed by atoms with van der Waals surface area (Å²) in [5.74, 6) is -0.468. The van der Waals surface area contributed by atoms with Gasteiger partial charge in [-0.1, -0.05) is 6.07 Å². The lowest BCUT2D eigenvalue weighted by Crippen LogP contribution is -2.46. The molecule has 0 bridgehead atoms. The molecule has 1 amide bonds. The molecule has 1 fully saturated rings. The number of thiophene rings is 1. The first-order chi connectivity index (χ1) is 9.15. The van der Waals surface area contributed by atoms with Crippen molar-refractivity contribution in [1.29, 1.82) is 0 Å². The number of nitrogens with zero attached hydrogens (tertiary/aromatic N) is 1. The van der Waals surface area contributed by atoms with Gasteiger partial charge in [0.15, 0.2) is 0 Å². The first kappa shape index (κ1) is 14.4. The minimum atomic E-state index is -0.896. The second-order valence-corrected chi connectivity index (χ2v) is 6.37. The number of aliphatic carboxylic acids is 1. The van der Waals surface area contributed by atoms with Crippen LogP contribution < -0.4 is 0 Å². The largest absolute Gasteiger partial charge is 0.481 e. The molecule has 1 unspecified atom stereocenters. The highest BCUT2D eigenvalue weighted by Gasteiger charge is 2.25. The van der Waals surface area contributed by atoms with Crippen LogP contribution >= 0.6 is 23.1 Å². The SMILES string of the molecule is O=C(O)CC1CN(C(=O)CSc2cccs2)CCO1. The molecule has 1 N–H and O–H groups in total. The summed E-state index contributed by atoms with van der Waals surface area (Å²) in [4.78, 5) is 24.4. The maximum Gasteiger partial charge on any atom is 0.306 e. The molecule has 0 radical (unpaired) electrons. The molecular formula is C12H15NO4S2. The van der Waals surface area contributed by atoms with Crippen LogP contribution in [0.25, 0.3) is 0 Å². The number of ether oxygens (including phenoxy) is 1. The van der Waals surface area contributed by atoms with Gasteiger partial charge in [0.05, 0.1) is 29.1 Å². The van der Waals surface area contributed by atoms with Gasteiger partial charge < -0.3 is 14.7 Å². The number of morpholine rings is 1. The lowest BCUT2D eigenvalue weighted by atomic mass is 10.2. The number of hydrogen-bond acceptors (Lipinski definition) is 5. The molecule has 1 aromatic heterocycles. The van der Waals surface area contributed by atoms with Gasteiger partial charge in [-0.2, -0.15) is 0 Å². The number of thioether (sulfide) groups is 1. The zero-order chi connectivity index (χ0) is 13.7. The fraction of sp³-hybridized carbons (Fsp3) is 0.500. The van der Waals surface area contributed by atoms with Crippen molar-refractivity contribution in [2.45, 2.75) is 16.7 Å². The van der Waals surface area contributed by atoms with Crippen molar-refractivity contribution < 1.29 is 19.4 Å². The highest BCUT2D eigenvalue weighted by Crippen LogP contribution is 2.23. The fourth-order valence-electron chi connectivity index (χ4n) is 1.83. The average Bonchev–Trinajstić information content (AvgIpc) is 2.88. The average molecular weight is 301 g/mol. The van der Waals surface area contributed by atoms with Crippen LogP contribution in [0.3, 0.4) is 0 Å². The third-order valence-corrected chi connectivity index (χ3v) is 4.84. The Morgan fingerprint density at radius 3 is 3.11 bits per heavy atom. The summed E-state index contributed by atoms with van der Waals surface area (Å²) in [6.07, 6.45) is -0.441. The highest BCUT2D eigenvalue weighted by molar-refractivity contribution is 8.01. The third-order valence-electron chi connectivity index (χ3n) is 2.73. The van der Waals surface area contributed by atoms with Crippen LogP contribution in [0.2, 0.25) is 0 Å². The fourth-order valence-corrected chi connectivity index (χ4v) is 3.52. The molecule has 0 spiro atoms. The van der Waals surface area contributed by atoms with Crippen molar-refractivity contribution in [3.05, 3.63) is 17.5 Å². The van der Waals surface area contributed by atoms with Gasteiger partial charge in [0.25, 0.3) is 0 Å². The highest BCUT2D eigenvalue weighted by atomic mass is 32.2. The van der Waals surface area contributed by atoms with Gasteiger partial charge in [0.1, 0.15) is 0 Å². The number of carboxylic acid groups (broad SMARTS) is 1. The summed E-state index contributed by atoms with van der Waals surface area (Å²) >= 11 is 3.12. The molecule has 1 aromatic rings. The minimum Gasteiger partial charge on any atom is -0.481 e. The molecule has 1 aliphatic heterocycles. The molecule has 19 heavy (non-hydrogen) atoms. The minimum absolute atomic E-state index is 0.0390. The number of carboxylic acids is 1. The maximum absolute atomic E-state index is 12.0. The molecule has 0 aliphatic carbocycles. The van der Waals surface area contributed by atoms with Gasteiger partial charge in [-0.15, -0.1) is 23.1 Å². The Balaban J connectivity index is 1.79. The van der Waals surface area contributed by atoms with Crippen LogP contribution in [0.5, 0.6) is 0 Å². The second kappa shape index (κ2) is 6.93. The van der Waals surface area contributed by atoms with E-state index < -0.39 is 5.97 Å². The van der Waals surface area contributed by atoms with E-state index in [1.54, 1.807) is 16.2 Å². The Morgan fingerprint density at radius 1 is 1.58 bits per heavy atom. The van der Waals surface area contributed by atoms with Crippen molar-refractivity contribution in [3.8, 4) is 0 Å². The summed E-state index contributed by atoms with van der Waals surface area (Å²) in [5, 5.41) is 10.7. The van der Waals surface area contributed by atoms with Crippen molar-refractivity contribution in [2.24, 2.45) is 0 Å². The van der Waals surface area contributed by atoms with Gasteiger partial charge in [-0.3, -0.25) is 9.59 Å². The number of carbonyl (C=O) groups is 2. The van der Waals surface area contributed by atoms with Crippen molar-refractivity contribution in [2.75, 3.05) is 25.4 Å². The molecule has 104 valence electrons. The van der Waals surface area contributed by atoms with E-state index >= 15 is 0 Å². The third kappa shape index (κ3) is 4.52. The predicted octanol–water partition coefficient (Wildman–Crippen LogP) is 1.54. The molecule has 7 heteroatoms. The van der Waals surface area contributed by atoms with Gasteiger partial charge in [0, 0.05) is 13.1 Å². The van der Waals surface area contributed by atoms with E-state index in [4.69, 9.17) is 9.84 Å². The van der Waals surface area contributed by atoms with E-state index in [9.17, 15) is 9.59 Å². The van der Waals surface area contributed by atoms with Crippen molar-refractivity contribution >= 4 is 35.0 Å². The molecule has 2 rings (SSSR count).